The van der Waals surface area contributed by atoms with Gasteiger partial charge < -0.3 is 10.1 Å². The molecule has 1 aliphatic heterocycles. The average Bonchev–Trinajstić information content (AvgIpc) is 2.72. The SMILES string of the molecule is O=C1CCc2cc(OC3CCNCC3)ccc21. The lowest BCUT2D eigenvalue weighted by Crippen LogP contribution is -2.34. The highest BCUT2D eigenvalue weighted by Gasteiger charge is 2.20. The number of benzene rings is 1. The standard InChI is InChI=1S/C14H17NO2/c16-14-4-1-10-9-12(2-3-13(10)14)17-11-5-7-15-8-6-11/h2-3,9,11,15H,1,4-8H2. The molecule has 3 rings (SSSR count). The third kappa shape index (κ3) is 2.20. The third-order valence-corrected chi connectivity index (χ3v) is 3.59. The highest BCUT2D eigenvalue weighted by Crippen LogP contribution is 2.27. The van der Waals surface area contributed by atoms with Gasteiger partial charge in [-0.25, -0.2) is 0 Å². The molecule has 0 aromatic heterocycles. The molecule has 0 bridgehead atoms. The maximum absolute atomic E-state index is 11.5. The summed E-state index contributed by atoms with van der Waals surface area (Å²) in [6.45, 7) is 2.07. The Balaban J connectivity index is 1.73. The van der Waals surface area contributed by atoms with Crippen LogP contribution in [-0.4, -0.2) is 25.0 Å². The first-order valence-electron chi connectivity index (χ1n) is 6.36. The van der Waals surface area contributed by atoms with Crippen molar-refractivity contribution < 1.29 is 9.53 Å². The molecule has 1 aromatic rings. The molecule has 0 amide bonds. The number of ether oxygens (including phenoxy) is 1. The second-order valence-corrected chi connectivity index (χ2v) is 4.81. The Bertz CT molecular complexity index is 436. The van der Waals surface area contributed by atoms with Crippen LogP contribution < -0.4 is 10.1 Å². The summed E-state index contributed by atoms with van der Waals surface area (Å²) < 4.78 is 5.96. The van der Waals surface area contributed by atoms with Crippen LogP contribution in [0.5, 0.6) is 5.75 Å². The van der Waals surface area contributed by atoms with E-state index in [9.17, 15) is 4.79 Å². The lowest BCUT2D eigenvalue weighted by atomic mass is 10.1. The summed E-state index contributed by atoms with van der Waals surface area (Å²) in [6.07, 6.45) is 3.99. The minimum atomic E-state index is 0.272. The third-order valence-electron chi connectivity index (χ3n) is 3.59. The zero-order valence-corrected chi connectivity index (χ0v) is 9.87. The zero-order valence-electron chi connectivity index (χ0n) is 9.87. The summed E-state index contributed by atoms with van der Waals surface area (Å²) >= 11 is 0. The molecule has 17 heavy (non-hydrogen) atoms. The summed E-state index contributed by atoms with van der Waals surface area (Å²) in [5, 5.41) is 3.32. The number of nitrogens with one attached hydrogen (secondary N) is 1. The lowest BCUT2D eigenvalue weighted by Gasteiger charge is -2.24. The molecule has 3 heteroatoms. The first kappa shape index (κ1) is 10.8. The number of hydrogen-bond acceptors (Lipinski definition) is 3. The van der Waals surface area contributed by atoms with Crippen molar-refractivity contribution in [1.82, 2.24) is 5.32 Å². The number of hydrogen-bond donors (Lipinski definition) is 1. The minimum Gasteiger partial charge on any atom is -0.490 e. The van der Waals surface area contributed by atoms with Gasteiger partial charge in [0.25, 0.3) is 0 Å². The Kier molecular flexibility index (Phi) is 2.85. The Hall–Kier alpha value is -1.35. The van der Waals surface area contributed by atoms with Gasteiger partial charge >= 0.3 is 0 Å². The van der Waals surface area contributed by atoms with Gasteiger partial charge in [0, 0.05) is 12.0 Å². The average molecular weight is 231 g/mol. The van der Waals surface area contributed by atoms with Crippen molar-refractivity contribution in [3.8, 4) is 5.75 Å². The highest BCUT2D eigenvalue weighted by atomic mass is 16.5. The summed E-state index contributed by atoms with van der Waals surface area (Å²) in [5.74, 6) is 1.19. The van der Waals surface area contributed by atoms with E-state index in [4.69, 9.17) is 4.74 Å². The summed E-state index contributed by atoms with van der Waals surface area (Å²) in [4.78, 5) is 11.5. The van der Waals surface area contributed by atoms with Crippen LogP contribution >= 0.6 is 0 Å². The molecule has 0 spiro atoms. The van der Waals surface area contributed by atoms with Crippen molar-refractivity contribution >= 4 is 5.78 Å². The van der Waals surface area contributed by atoms with Gasteiger partial charge in [-0.2, -0.15) is 0 Å². The van der Waals surface area contributed by atoms with Crippen LogP contribution in [-0.2, 0) is 6.42 Å². The van der Waals surface area contributed by atoms with E-state index >= 15 is 0 Å². The molecule has 0 atom stereocenters. The topological polar surface area (TPSA) is 38.3 Å². The van der Waals surface area contributed by atoms with Crippen molar-refractivity contribution in [3.63, 3.8) is 0 Å². The van der Waals surface area contributed by atoms with Crippen LogP contribution in [0.15, 0.2) is 18.2 Å². The van der Waals surface area contributed by atoms with Crippen LogP contribution in [0.25, 0.3) is 0 Å². The number of piperidine rings is 1. The number of rotatable bonds is 2. The van der Waals surface area contributed by atoms with Crippen LogP contribution in [0.1, 0.15) is 35.2 Å². The predicted molar refractivity (Wildman–Crippen MR) is 65.6 cm³/mol. The number of Topliss-reactive ketones (excluding diaryl/α,β-unsaturated/α-hetero) is 1. The smallest absolute Gasteiger partial charge is 0.163 e. The van der Waals surface area contributed by atoms with E-state index in [1.54, 1.807) is 0 Å². The maximum Gasteiger partial charge on any atom is 0.163 e. The Morgan fingerprint density at radius 2 is 2.00 bits per heavy atom. The van der Waals surface area contributed by atoms with Crippen LogP contribution in [0.2, 0.25) is 0 Å². The fraction of sp³-hybridized carbons (Fsp3) is 0.500. The predicted octanol–water partition coefficient (Wildman–Crippen LogP) is 1.95. The Labute approximate surface area is 101 Å². The Morgan fingerprint density at radius 1 is 1.18 bits per heavy atom. The molecule has 90 valence electrons. The van der Waals surface area contributed by atoms with Crippen molar-refractivity contribution in [1.29, 1.82) is 0 Å². The van der Waals surface area contributed by atoms with E-state index in [0.29, 0.717) is 12.5 Å². The number of carbonyl (C=O) groups excluding carboxylic acids is 1. The molecule has 3 nitrogen and oxygen atoms in total. The van der Waals surface area contributed by atoms with E-state index in [1.807, 2.05) is 18.2 Å². The molecule has 0 saturated carbocycles. The number of ketones is 1. The second kappa shape index (κ2) is 4.49. The molecule has 1 heterocycles. The van der Waals surface area contributed by atoms with E-state index in [0.717, 1.165) is 49.2 Å². The van der Waals surface area contributed by atoms with Crippen molar-refractivity contribution in [2.45, 2.75) is 31.8 Å². The summed E-state index contributed by atoms with van der Waals surface area (Å²) in [7, 11) is 0. The van der Waals surface area contributed by atoms with Gasteiger partial charge in [-0.15, -0.1) is 0 Å². The van der Waals surface area contributed by atoms with E-state index < -0.39 is 0 Å². The quantitative estimate of drug-likeness (QED) is 0.845. The molecule has 1 aromatic carbocycles. The highest BCUT2D eigenvalue weighted by molar-refractivity contribution is 6.00. The number of fused-ring (bicyclic) bond motifs is 1. The van der Waals surface area contributed by atoms with Gasteiger partial charge in [-0.05, 0) is 56.1 Å². The van der Waals surface area contributed by atoms with Crippen LogP contribution in [0, 0.1) is 0 Å². The summed E-state index contributed by atoms with van der Waals surface area (Å²) in [5.41, 5.74) is 2.05. The first-order chi connectivity index (χ1) is 8.33. The first-order valence-corrected chi connectivity index (χ1v) is 6.36. The number of aryl methyl sites for hydroxylation is 1. The fourth-order valence-corrected chi connectivity index (χ4v) is 2.61. The molecule has 1 saturated heterocycles. The van der Waals surface area contributed by atoms with Crippen molar-refractivity contribution in [2.24, 2.45) is 0 Å². The summed E-state index contributed by atoms with van der Waals surface area (Å²) in [6, 6.07) is 5.90. The molecule has 1 N–H and O–H groups in total. The van der Waals surface area contributed by atoms with E-state index in [2.05, 4.69) is 5.32 Å². The molecule has 2 aliphatic rings. The molecular weight excluding hydrogens is 214 g/mol. The van der Waals surface area contributed by atoms with Gasteiger partial charge in [-0.3, -0.25) is 4.79 Å². The number of carbonyl (C=O) groups is 1. The van der Waals surface area contributed by atoms with Crippen molar-refractivity contribution in [3.05, 3.63) is 29.3 Å². The van der Waals surface area contributed by atoms with Gasteiger partial charge in [0.2, 0.25) is 0 Å². The molecule has 1 aliphatic carbocycles. The molecule has 1 fully saturated rings. The van der Waals surface area contributed by atoms with Crippen LogP contribution in [0.3, 0.4) is 0 Å². The second-order valence-electron chi connectivity index (χ2n) is 4.81. The molecule has 0 radical (unpaired) electrons. The largest absolute Gasteiger partial charge is 0.490 e. The van der Waals surface area contributed by atoms with Gasteiger partial charge in [0.05, 0.1) is 0 Å². The monoisotopic (exact) mass is 231 g/mol. The van der Waals surface area contributed by atoms with Crippen LogP contribution in [0.4, 0.5) is 0 Å². The fourth-order valence-electron chi connectivity index (χ4n) is 2.61. The van der Waals surface area contributed by atoms with E-state index in [1.165, 1.54) is 0 Å². The maximum atomic E-state index is 11.5. The van der Waals surface area contributed by atoms with E-state index in [-0.39, 0.29) is 5.78 Å². The van der Waals surface area contributed by atoms with Gasteiger partial charge in [-0.1, -0.05) is 0 Å². The normalized spacial score (nSPS) is 20.4. The van der Waals surface area contributed by atoms with Crippen molar-refractivity contribution in [2.75, 3.05) is 13.1 Å². The Morgan fingerprint density at radius 3 is 2.82 bits per heavy atom. The van der Waals surface area contributed by atoms with Gasteiger partial charge in [0.1, 0.15) is 11.9 Å². The molecule has 0 unspecified atom stereocenters. The lowest BCUT2D eigenvalue weighted by molar-refractivity contribution is 0.0994. The minimum absolute atomic E-state index is 0.272. The molecular formula is C14H17NO2. The van der Waals surface area contributed by atoms with Gasteiger partial charge in [0.15, 0.2) is 5.78 Å². The zero-order chi connectivity index (χ0) is 11.7.